The van der Waals surface area contributed by atoms with Crippen LogP contribution in [0.15, 0.2) is 0 Å². The van der Waals surface area contributed by atoms with Gasteiger partial charge in [-0.05, 0) is 63.3 Å². The van der Waals surface area contributed by atoms with Crippen LogP contribution in [-0.2, 0) is 4.74 Å². The van der Waals surface area contributed by atoms with Crippen molar-refractivity contribution in [2.45, 2.75) is 70.9 Å². The van der Waals surface area contributed by atoms with Gasteiger partial charge in [0.15, 0.2) is 0 Å². The topological polar surface area (TPSA) is 21.3 Å². The minimum Gasteiger partial charge on any atom is -0.378 e. The summed E-state index contributed by atoms with van der Waals surface area (Å²) in [6.07, 6.45) is 9.93. The SMILES string of the molecule is CC(C)C1CCC(NCCC2CCCO2)CC1. The molecule has 1 saturated carbocycles. The molecule has 2 nitrogen and oxygen atoms in total. The molecule has 2 rings (SSSR count). The molecule has 0 aromatic heterocycles. The summed E-state index contributed by atoms with van der Waals surface area (Å²) >= 11 is 0. The van der Waals surface area contributed by atoms with Crippen LogP contribution in [0.4, 0.5) is 0 Å². The third-order valence-electron chi connectivity index (χ3n) is 4.64. The summed E-state index contributed by atoms with van der Waals surface area (Å²) in [5, 5.41) is 3.73. The molecule has 17 heavy (non-hydrogen) atoms. The van der Waals surface area contributed by atoms with Crippen molar-refractivity contribution in [3.05, 3.63) is 0 Å². The molecular weight excluding hydrogens is 210 g/mol. The van der Waals surface area contributed by atoms with Gasteiger partial charge in [-0.3, -0.25) is 0 Å². The van der Waals surface area contributed by atoms with Gasteiger partial charge in [0.2, 0.25) is 0 Å². The van der Waals surface area contributed by atoms with Crippen LogP contribution < -0.4 is 5.32 Å². The highest BCUT2D eigenvalue weighted by molar-refractivity contribution is 4.79. The Kier molecular flexibility index (Phi) is 5.30. The Morgan fingerprint density at radius 2 is 1.88 bits per heavy atom. The smallest absolute Gasteiger partial charge is 0.0588 e. The average molecular weight is 239 g/mol. The molecular formula is C15H29NO. The van der Waals surface area contributed by atoms with E-state index in [-0.39, 0.29) is 0 Å². The van der Waals surface area contributed by atoms with Gasteiger partial charge in [-0.25, -0.2) is 0 Å². The standard InChI is InChI=1S/C15H29NO/c1-12(2)13-5-7-14(8-6-13)16-10-9-15-4-3-11-17-15/h12-16H,3-11H2,1-2H3. The van der Waals surface area contributed by atoms with Crippen LogP contribution in [0.5, 0.6) is 0 Å². The summed E-state index contributed by atoms with van der Waals surface area (Å²) in [5.74, 6) is 1.86. The van der Waals surface area contributed by atoms with Gasteiger partial charge in [-0.15, -0.1) is 0 Å². The first-order chi connectivity index (χ1) is 8.25. The molecule has 0 bridgehead atoms. The minimum absolute atomic E-state index is 0.550. The van der Waals surface area contributed by atoms with E-state index in [2.05, 4.69) is 19.2 Å². The van der Waals surface area contributed by atoms with Crippen LogP contribution in [0.25, 0.3) is 0 Å². The summed E-state index contributed by atoms with van der Waals surface area (Å²) in [4.78, 5) is 0. The van der Waals surface area contributed by atoms with E-state index in [1.54, 1.807) is 0 Å². The fourth-order valence-electron chi connectivity index (χ4n) is 3.31. The summed E-state index contributed by atoms with van der Waals surface area (Å²) in [6.45, 7) is 6.89. The second-order valence-electron chi connectivity index (χ2n) is 6.23. The van der Waals surface area contributed by atoms with Gasteiger partial charge in [0.05, 0.1) is 6.10 Å². The maximum atomic E-state index is 5.65. The first kappa shape index (κ1) is 13.4. The van der Waals surface area contributed by atoms with Crippen molar-refractivity contribution < 1.29 is 4.74 Å². The molecule has 0 spiro atoms. The van der Waals surface area contributed by atoms with Gasteiger partial charge in [0.1, 0.15) is 0 Å². The number of rotatable bonds is 5. The Bertz CT molecular complexity index is 203. The predicted molar refractivity (Wildman–Crippen MR) is 72.2 cm³/mol. The van der Waals surface area contributed by atoms with Gasteiger partial charge in [0.25, 0.3) is 0 Å². The van der Waals surface area contributed by atoms with Crippen molar-refractivity contribution in [2.24, 2.45) is 11.8 Å². The van der Waals surface area contributed by atoms with Gasteiger partial charge in [-0.2, -0.15) is 0 Å². The van der Waals surface area contributed by atoms with Crippen LogP contribution in [-0.4, -0.2) is 25.3 Å². The van der Waals surface area contributed by atoms with Crippen molar-refractivity contribution in [1.82, 2.24) is 5.32 Å². The maximum Gasteiger partial charge on any atom is 0.0588 e. The van der Waals surface area contributed by atoms with E-state index in [1.165, 1.54) is 44.9 Å². The monoisotopic (exact) mass is 239 g/mol. The zero-order valence-electron chi connectivity index (χ0n) is 11.6. The fraction of sp³-hybridized carbons (Fsp3) is 1.00. The van der Waals surface area contributed by atoms with E-state index >= 15 is 0 Å². The predicted octanol–water partition coefficient (Wildman–Crippen LogP) is 3.36. The molecule has 0 amide bonds. The highest BCUT2D eigenvalue weighted by Crippen LogP contribution is 2.29. The molecule has 2 fully saturated rings. The van der Waals surface area contributed by atoms with E-state index in [4.69, 9.17) is 4.74 Å². The van der Waals surface area contributed by atoms with Crippen LogP contribution in [0.1, 0.15) is 58.8 Å². The number of ether oxygens (including phenoxy) is 1. The van der Waals surface area contributed by atoms with Crippen molar-refractivity contribution in [3.63, 3.8) is 0 Å². The molecule has 2 aliphatic rings. The van der Waals surface area contributed by atoms with Gasteiger partial charge < -0.3 is 10.1 Å². The van der Waals surface area contributed by atoms with Gasteiger partial charge >= 0.3 is 0 Å². The van der Waals surface area contributed by atoms with E-state index < -0.39 is 0 Å². The lowest BCUT2D eigenvalue weighted by Crippen LogP contribution is -2.35. The van der Waals surface area contributed by atoms with Crippen molar-refractivity contribution >= 4 is 0 Å². The van der Waals surface area contributed by atoms with Crippen LogP contribution in [0.2, 0.25) is 0 Å². The van der Waals surface area contributed by atoms with Crippen molar-refractivity contribution in [3.8, 4) is 0 Å². The Balaban J connectivity index is 1.55. The number of hydrogen-bond donors (Lipinski definition) is 1. The molecule has 1 heterocycles. The number of nitrogens with one attached hydrogen (secondary N) is 1. The molecule has 1 aliphatic carbocycles. The van der Waals surface area contributed by atoms with Gasteiger partial charge in [-0.1, -0.05) is 13.8 Å². The van der Waals surface area contributed by atoms with E-state index in [9.17, 15) is 0 Å². The lowest BCUT2D eigenvalue weighted by atomic mass is 9.80. The highest BCUT2D eigenvalue weighted by atomic mass is 16.5. The second kappa shape index (κ2) is 6.75. The van der Waals surface area contributed by atoms with Crippen molar-refractivity contribution in [1.29, 1.82) is 0 Å². The lowest BCUT2D eigenvalue weighted by Gasteiger charge is -2.31. The van der Waals surface area contributed by atoms with Crippen LogP contribution in [0, 0.1) is 11.8 Å². The molecule has 0 radical (unpaired) electrons. The molecule has 0 aromatic carbocycles. The summed E-state index contributed by atoms with van der Waals surface area (Å²) < 4.78 is 5.65. The molecule has 1 saturated heterocycles. The largest absolute Gasteiger partial charge is 0.378 e. The Labute approximate surface area is 107 Å². The molecule has 1 atom stereocenters. The summed E-state index contributed by atoms with van der Waals surface area (Å²) in [6, 6.07) is 0.784. The molecule has 0 aromatic rings. The zero-order valence-corrected chi connectivity index (χ0v) is 11.6. The van der Waals surface area contributed by atoms with Gasteiger partial charge in [0, 0.05) is 12.6 Å². The van der Waals surface area contributed by atoms with E-state index in [0.29, 0.717) is 6.10 Å². The zero-order chi connectivity index (χ0) is 12.1. The van der Waals surface area contributed by atoms with Crippen molar-refractivity contribution in [2.75, 3.05) is 13.2 Å². The molecule has 1 aliphatic heterocycles. The first-order valence-electron chi connectivity index (χ1n) is 7.60. The summed E-state index contributed by atoms with van der Waals surface area (Å²) in [7, 11) is 0. The summed E-state index contributed by atoms with van der Waals surface area (Å²) in [5.41, 5.74) is 0. The number of hydrogen-bond acceptors (Lipinski definition) is 2. The van der Waals surface area contributed by atoms with Crippen LogP contribution >= 0.6 is 0 Å². The average Bonchev–Trinajstić information content (AvgIpc) is 2.83. The third-order valence-corrected chi connectivity index (χ3v) is 4.64. The second-order valence-corrected chi connectivity index (χ2v) is 6.23. The van der Waals surface area contributed by atoms with E-state index in [0.717, 1.165) is 31.0 Å². The Morgan fingerprint density at radius 1 is 1.12 bits per heavy atom. The van der Waals surface area contributed by atoms with E-state index in [1.807, 2.05) is 0 Å². The molecule has 2 heteroatoms. The molecule has 1 N–H and O–H groups in total. The highest BCUT2D eigenvalue weighted by Gasteiger charge is 2.23. The fourth-order valence-corrected chi connectivity index (χ4v) is 3.31. The first-order valence-corrected chi connectivity index (χ1v) is 7.60. The molecule has 1 unspecified atom stereocenters. The quantitative estimate of drug-likeness (QED) is 0.794. The van der Waals surface area contributed by atoms with Crippen LogP contribution in [0.3, 0.4) is 0 Å². The Morgan fingerprint density at radius 3 is 2.47 bits per heavy atom. The maximum absolute atomic E-state index is 5.65. The third kappa shape index (κ3) is 4.26. The normalized spacial score (nSPS) is 34.4. The molecule has 100 valence electrons. The lowest BCUT2D eigenvalue weighted by molar-refractivity contribution is 0.102. The Hall–Kier alpha value is -0.0800. The minimum atomic E-state index is 0.550.